The molecule has 1 atom stereocenters. The van der Waals surface area contributed by atoms with E-state index in [9.17, 15) is 14.4 Å². The minimum atomic E-state index is -1.15. The molecule has 8 heteroatoms. The van der Waals surface area contributed by atoms with Gasteiger partial charge in [-0.05, 0) is 39.8 Å². The van der Waals surface area contributed by atoms with Gasteiger partial charge in [0.15, 0.2) is 5.92 Å². The molecule has 136 valence electrons. The van der Waals surface area contributed by atoms with E-state index in [-0.39, 0.29) is 27.4 Å². The highest BCUT2D eigenvalue weighted by atomic mass is 35.5. The number of carbonyl (C=O) groups is 3. The van der Waals surface area contributed by atoms with Crippen molar-refractivity contribution in [1.82, 2.24) is 5.32 Å². The molecule has 0 heterocycles. The van der Waals surface area contributed by atoms with Gasteiger partial charge in [0.1, 0.15) is 5.78 Å². The van der Waals surface area contributed by atoms with Crippen LogP contribution in [0.25, 0.3) is 0 Å². The summed E-state index contributed by atoms with van der Waals surface area (Å²) >= 11 is 12.2. The predicted molar refractivity (Wildman–Crippen MR) is 98.0 cm³/mol. The number of ether oxygens (including phenoxy) is 1. The Kier molecular flexibility index (Phi) is 8.06. The van der Waals surface area contributed by atoms with Gasteiger partial charge in [-0.25, -0.2) is 0 Å². The number of Topliss-reactive ketones (excluding diaryl/α,β-unsaturated/α-hetero) is 1. The van der Waals surface area contributed by atoms with Gasteiger partial charge in [0, 0.05) is 12.8 Å². The third kappa shape index (κ3) is 5.83. The molecule has 0 spiro atoms. The van der Waals surface area contributed by atoms with E-state index in [2.05, 4.69) is 10.3 Å². The molecule has 0 aliphatic heterocycles. The van der Waals surface area contributed by atoms with Crippen LogP contribution in [0.4, 0.5) is 5.69 Å². The molecule has 0 aliphatic rings. The van der Waals surface area contributed by atoms with Gasteiger partial charge in [0.25, 0.3) is 5.91 Å². The average molecular weight is 387 g/mol. The molecule has 6 nitrogen and oxygen atoms in total. The van der Waals surface area contributed by atoms with E-state index < -0.39 is 23.6 Å². The van der Waals surface area contributed by atoms with Crippen LogP contribution in [-0.2, 0) is 14.3 Å². The molecular formula is C17H20Cl2N2O4. The van der Waals surface area contributed by atoms with Gasteiger partial charge >= 0.3 is 5.97 Å². The quantitative estimate of drug-likeness (QED) is 0.440. The van der Waals surface area contributed by atoms with Gasteiger partial charge < -0.3 is 10.1 Å². The topological polar surface area (TPSA) is 84.8 Å². The first-order chi connectivity index (χ1) is 11.7. The van der Waals surface area contributed by atoms with Crippen LogP contribution in [0.3, 0.4) is 0 Å². The summed E-state index contributed by atoms with van der Waals surface area (Å²) in [6.07, 6.45) is 0.801. The van der Waals surface area contributed by atoms with Crippen molar-refractivity contribution in [2.24, 2.45) is 10.9 Å². The molecule has 1 aromatic carbocycles. The van der Waals surface area contributed by atoms with E-state index in [1.54, 1.807) is 20.8 Å². The number of amides is 1. The number of nitrogens with one attached hydrogen (secondary N) is 1. The maximum atomic E-state index is 12.1. The van der Waals surface area contributed by atoms with Gasteiger partial charge in [-0.2, -0.15) is 0 Å². The molecule has 0 fully saturated rings. The zero-order valence-corrected chi connectivity index (χ0v) is 15.9. The Labute approximate surface area is 156 Å². The van der Waals surface area contributed by atoms with Crippen LogP contribution in [0.5, 0.6) is 0 Å². The Morgan fingerprint density at radius 1 is 1.28 bits per heavy atom. The molecule has 0 saturated carbocycles. The molecule has 25 heavy (non-hydrogen) atoms. The van der Waals surface area contributed by atoms with Crippen molar-refractivity contribution < 1.29 is 19.1 Å². The fourth-order valence-corrected chi connectivity index (χ4v) is 2.48. The van der Waals surface area contributed by atoms with Crippen molar-refractivity contribution in [2.75, 3.05) is 6.54 Å². The fraction of sp³-hybridized carbons (Fsp3) is 0.412. The maximum Gasteiger partial charge on any atom is 0.322 e. The zero-order valence-electron chi connectivity index (χ0n) is 14.4. The molecule has 1 N–H and O–H groups in total. The number of esters is 1. The van der Waals surface area contributed by atoms with E-state index in [4.69, 9.17) is 27.9 Å². The summed E-state index contributed by atoms with van der Waals surface area (Å²) in [6.45, 7) is 6.80. The lowest BCUT2D eigenvalue weighted by Gasteiger charge is -2.12. The van der Waals surface area contributed by atoms with Gasteiger partial charge in [-0.15, -0.1) is 0 Å². The smallest absolute Gasteiger partial charge is 0.322 e. The molecule has 1 amide bonds. The summed E-state index contributed by atoms with van der Waals surface area (Å²) in [7, 11) is 0. The highest BCUT2D eigenvalue weighted by Crippen LogP contribution is 2.33. The first-order valence-corrected chi connectivity index (χ1v) is 8.45. The van der Waals surface area contributed by atoms with Gasteiger partial charge in [-0.3, -0.25) is 19.4 Å². The second-order valence-electron chi connectivity index (χ2n) is 5.47. The molecule has 0 saturated heterocycles. The number of benzene rings is 1. The molecule has 1 rings (SSSR count). The third-order valence-electron chi connectivity index (χ3n) is 3.04. The maximum absolute atomic E-state index is 12.1. The van der Waals surface area contributed by atoms with Crippen molar-refractivity contribution in [2.45, 2.75) is 33.8 Å². The first kappa shape index (κ1) is 21.1. The summed E-state index contributed by atoms with van der Waals surface area (Å²) in [5.74, 6) is -2.69. The molecular weight excluding hydrogens is 367 g/mol. The summed E-state index contributed by atoms with van der Waals surface area (Å²) in [5, 5.41) is 2.82. The summed E-state index contributed by atoms with van der Waals surface area (Å²) in [5.41, 5.74) is 0.305. The van der Waals surface area contributed by atoms with Crippen LogP contribution in [-0.4, -0.2) is 36.5 Å². The van der Waals surface area contributed by atoms with Crippen LogP contribution in [0, 0.1) is 5.92 Å². The second-order valence-corrected chi connectivity index (χ2v) is 6.25. The molecule has 0 aliphatic carbocycles. The number of carbonyl (C=O) groups excluding carboxylic acids is 3. The van der Waals surface area contributed by atoms with E-state index in [0.717, 1.165) is 6.21 Å². The predicted octanol–water partition coefficient (Wildman–Crippen LogP) is 3.60. The van der Waals surface area contributed by atoms with Gasteiger partial charge in [0.2, 0.25) is 0 Å². The van der Waals surface area contributed by atoms with E-state index in [1.807, 2.05) is 0 Å². The Balaban J connectivity index is 3.18. The van der Waals surface area contributed by atoms with Gasteiger partial charge in [-0.1, -0.05) is 23.2 Å². The lowest BCUT2D eigenvalue weighted by molar-refractivity contribution is -0.151. The monoisotopic (exact) mass is 386 g/mol. The Morgan fingerprint density at radius 3 is 2.44 bits per heavy atom. The lowest BCUT2D eigenvalue weighted by atomic mass is 10.1. The summed E-state index contributed by atoms with van der Waals surface area (Å²) in [4.78, 5) is 39.8. The summed E-state index contributed by atoms with van der Waals surface area (Å²) < 4.78 is 5.04. The van der Waals surface area contributed by atoms with Crippen LogP contribution < -0.4 is 5.32 Å². The molecule has 1 aromatic rings. The van der Waals surface area contributed by atoms with Crippen molar-refractivity contribution in [3.8, 4) is 0 Å². The van der Waals surface area contributed by atoms with Crippen LogP contribution in [0.1, 0.15) is 38.1 Å². The Bertz CT molecular complexity index is 702. The zero-order chi connectivity index (χ0) is 19.1. The van der Waals surface area contributed by atoms with Crippen LogP contribution in [0.2, 0.25) is 10.0 Å². The largest absolute Gasteiger partial charge is 0.462 e. The number of hydrogen-bond acceptors (Lipinski definition) is 5. The van der Waals surface area contributed by atoms with E-state index >= 15 is 0 Å². The molecule has 0 aromatic heterocycles. The van der Waals surface area contributed by atoms with Crippen LogP contribution >= 0.6 is 23.2 Å². The van der Waals surface area contributed by atoms with Crippen molar-refractivity contribution in [1.29, 1.82) is 0 Å². The average Bonchev–Trinajstić information content (AvgIpc) is 2.48. The first-order valence-electron chi connectivity index (χ1n) is 7.70. The normalized spacial score (nSPS) is 12.3. The number of aliphatic imine (C=N–C) groups is 1. The molecule has 0 bridgehead atoms. The standard InChI is InChI=1S/C17H20Cl2N2O4/c1-5-20-16(23)14-12(18)6-7-13(15(14)19)21-8-11(10(4)22)17(24)25-9(2)3/h6-9,11H,5H2,1-4H3,(H,20,23). The highest BCUT2D eigenvalue weighted by Gasteiger charge is 2.24. The van der Waals surface area contributed by atoms with Crippen molar-refractivity contribution in [3.05, 3.63) is 27.7 Å². The number of rotatable bonds is 7. The van der Waals surface area contributed by atoms with E-state index in [0.29, 0.717) is 6.54 Å². The van der Waals surface area contributed by atoms with E-state index in [1.165, 1.54) is 19.1 Å². The molecule has 1 unspecified atom stereocenters. The lowest BCUT2D eigenvalue weighted by Crippen LogP contribution is -2.27. The fourth-order valence-electron chi connectivity index (χ4n) is 1.89. The van der Waals surface area contributed by atoms with Crippen molar-refractivity contribution in [3.63, 3.8) is 0 Å². The van der Waals surface area contributed by atoms with Crippen LogP contribution in [0.15, 0.2) is 17.1 Å². The van der Waals surface area contributed by atoms with Gasteiger partial charge in [0.05, 0.1) is 27.4 Å². The minimum absolute atomic E-state index is 0.0363. The number of halogens is 2. The number of hydrogen-bond donors (Lipinski definition) is 1. The molecule has 0 radical (unpaired) electrons. The minimum Gasteiger partial charge on any atom is -0.462 e. The Morgan fingerprint density at radius 2 is 1.92 bits per heavy atom. The number of ketones is 1. The highest BCUT2D eigenvalue weighted by molar-refractivity contribution is 6.41. The Hall–Kier alpha value is -1.92. The SMILES string of the molecule is CCNC(=O)c1c(Cl)ccc(N=CC(C(C)=O)C(=O)OC(C)C)c1Cl. The third-order valence-corrected chi connectivity index (χ3v) is 3.74. The second kappa shape index (κ2) is 9.53. The number of nitrogens with zero attached hydrogens (tertiary/aromatic N) is 1. The summed E-state index contributed by atoms with van der Waals surface area (Å²) in [6, 6.07) is 2.97. The van der Waals surface area contributed by atoms with Crippen molar-refractivity contribution >= 4 is 52.8 Å².